The number of nitrogens with zero attached hydrogens (tertiary/aromatic N) is 6. The average Bonchev–Trinajstić information content (AvgIpc) is 2.99. The van der Waals surface area contributed by atoms with Crippen molar-refractivity contribution in [2.75, 3.05) is 74.9 Å². The first-order valence-electron chi connectivity index (χ1n) is 12.5. The van der Waals surface area contributed by atoms with Crippen molar-refractivity contribution in [2.45, 2.75) is 0 Å². The van der Waals surface area contributed by atoms with Crippen molar-refractivity contribution in [1.29, 1.82) is 0 Å². The van der Waals surface area contributed by atoms with Crippen LogP contribution in [0.2, 0.25) is 0 Å². The number of ether oxygens (including phenoxy) is 4. The van der Waals surface area contributed by atoms with Gasteiger partial charge in [-0.05, 0) is 48.0 Å². The minimum Gasteiger partial charge on any atom is -0.493 e. The van der Waals surface area contributed by atoms with E-state index in [9.17, 15) is 9.18 Å². The molecule has 2 aromatic carbocycles. The molecule has 0 saturated carbocycles. The number of anilines is 3. The van der Waals surface area contributed by atoms with E-state index in [0.29, 0.717) is 81.8 Å². The van der Waals surface area contributed by atoms with Crippen LogP contribution in [0.5, 0.6) is 11.5 Å². The first kappa shape index (κ1) is 26.3. The number of nitrogens with one attached hydrogen (secondary N) is 1. The van der Waals surface area contributed by atoms with Gasteiger partial charge in [-0.25, -0.2) is 14.6 Å². The van der Waals surface area contributed by atoms with E-state index >= 15 is 0 Å². The number of hydrazone groups is 1. The molecule has 3 heterocycles. The van der Waals surface area contributed by atoms with E-state index in [0.717, 1.165) is 0 Å². The van der Waals surface area contributed by atoms with Crippen LogP contribution in [0, 0.1) is 5.82 Å². The molecule has 0 spiro atoms. The second kappa shape index (κ2) is 12.5. The SMILES string of the molecule is COc1cc(/C=N/Nc2nc(N3CCOCC3)nc(N3CCOCC3)n2)ccc1OC(=O)c1ccc(F)cc1. The Morgan fingerprint density at radius 1 is 0.923 bits per heavy atom. The molecule has 1 N–H and O–H groups in total. The maximum Gasteiger partial charge on any atom is 0.343 e. The molecule has 2 saturated heterocycles. The number of rotatable bonds is 8. The molecule has 13 heteroatoms. The summed E-state index contributed by atoms with van der Waals surface area (Å²) in [5, 5.41) is 4.29. The highest BCUT2D eigenvalue weighted by atomic mass is 19.1. The van der Waals surface area contributed by atoms with Crippen LogP contribution in [0.15, 0.2) is 47.6 Å². The highest BCUT2D eigenvalue weighted by Gasteiger charge is 2.20. The third-order valence-electron chi connectivity index (χ3n) is 6.05. The van der Waals surface area contributed by atoms with Crippen molar-refractivity contribution in [3.8, 4) is 11.5 Å². The fourth-order valence-corrected chi connectivity index (χ4v) is 3.97. The van der Waals surface area contributed by atoms with Crippen LogP contribution >= 0.6 is 0 Å². The minimum atomic E-state index is -0.627. The Morgan fingerprint density at radius 3 is 2.13 bits per heavy atom. The van der Waals surface area contributed by atoms with Crippen molar-refractivity contribution < 1.29 is 28.1 Å². The van der Waals surface area contributed by atoms with Crippen LogP contribution in [-0.4, -0.2) is 86.9 Å². The molecule has 1 aromatic heterocycles. The Balaban J connectivity index is 1.30. The molecule has 3 aromatic rings. The maximum atomic E-state index is 13.1. The number of hydrogen-bond acceptors (Lipinski definition) is 12. The minimum absolute atomic E-state index is 0.221. The molecular formula is C26H28FN7O5. The van der Waals surface area contributed by atoms with Gasteiger partial charge in [0.2, 0.25) is 17.8 Å². The van der Waals surface area contributed by atoms with Gasteiger partial charge in [0.25, 0.3) is 0 Å². The Labute approximate surface area is 224 Å². The zero-order valence-electron chi connectivity index (χ0n) is 21.4. The van der Waals surface area contributed by atoms with Gasteiger partial charge in [-0.1, -0.05) is 0 Å². The molecule has 0 radical (unpaired) electrons. The van der Waals surface area contributed by atoms with Crippen LogP contribution in [0.1, 0.15) is 15.9 Å². The molecule has 2 aliphatic rings. The molecule has 0 unspecified atom stereocenters. The van der Waals surface area contributed by atoms with Gasteiger partial charge < -0.3 is 28.7 Å². The molecule has 0 aliphatic carbocycles. The Kier molecular flexibility index (Phi) is 8.39. The summed E-state index contributed by atoms with van der Waals surface area (Å²) >= 11 is 0. The Hall–Kier alpha value is -4.36. The summed E-state index contributed by atoms with van der Waals surface area (Å²) in [6.07, 6.45) is 1.57. The lowest BCUT2D eigenvalue weighted by atomic mass is 10.2. The van der Waals surface area contributed by atoms with E-state index < -0.39 is 11.8 Å². The number of carbonyl (C=O) groups is 1. The van der Waals surface area contributed by atoms with Crippen LogP contribution in [0.25, 0.3) is 0 Å². The van der Waals surface area contributed by atoms with Crippen molar-refractivity contribution >= 4 is 30.0 Å². The summed E-state index contributed by atoms with van der Waals surface area (Å²) in [4.78, 5) is 30.3. The second-order valence-electron chi connectivity index (χ2n) is 8.63. The van der Waals surface area contributed by atoms with Gasteiger partial charge in [0.1, 0.15) is 5.82 Å². The van der Waals surface area contributed by atoms with Gasteiger partial charge in [0, 0.05) is 26.2 Å². The number of halogens is 1. The van der Waals surface area contributed by atoms with Gasteiger partial charge in [-0.2, -0.15) is 20.1 Å². The normalized spacial score (nSPS) is 15.8. The van der Waals surface area contributed by atoms with E-state index in [1.54, 1.807) is 24.4 Å². The molecule has 2 fully saturated rings. The summed E-state index contributed by atoms with van der Waals surface area (Å²) in [5.41, 5.74) is 3.80. The average molecular weight is 538 g/mol. The van der Waals surface area contributed by atoms with Crippen molar-refractivity contribution in [3.63, 3.8) is 0 Å². The van der Waals surface area contributed by atoms with Gasteiger partial charge in [-0.15, -0.1) is 0 Å². The van der Waals surface area contributed by atoms with Crippen molar-refractivity contribution in [1.82, 2.24) is 15.0 Å². The van der Waals surface area contributed by atoms with Crippen LogP contribution in [-0.2, 0) is 9.47 Å². The summed E-state index contributed by atoms with van der Waals surface area (Å²) < 4.78 is 34.9. The first-order chi connectivity index (χ1) is 19.1. The van der Waals surface area contributed by atoms with E-state index in [-0.39, 0.29) is 11.3 Å². The highest BCUT2D eigenvalue weighted by Crippen LogP contribution is 2.28. The predicted octanol–water partition coefficient (Wildman–Crippen LogP) is 2.36. The number of aromatic nitrogens is 3. The third-order valence-corrected chi connectivity index (χ3v) is 6.05. The number of benzene rings is 2. The van der Waals surface area contributed by atoms with Crippen LogP contribution in [0.4, 0.5) is 22.2 Å². The van der Waals surface area contributed by atoms with E-state index in [1.165, 1.54) is 31.4 Å². The van der Waals surface area contributed by atoms with E-state index in [2.05, 4.69) is 35.3 Å². The van der Waals surface area contributed by atoms with Gasteiger partial charge >= 0.3 is 5.97 Å². The highest BCUT2D eigenvalue weighted by molar-refractivity contribution is 5.91. The molecule has 0 atom stereocenters. The standard InChI is InChI=1S/C26H28FN7O5/c1-36-22-16-18(2-7-21(22)39-23(35)19-3-5-20(27)6-4-19)17-28-32-24-29-25(33-8-12-37-13-9-33)31-26(30-24)34-10-14-38-15-11-34/h2-7,16-17H,8-15H2,1H3,(H,29,30,31,32)/b28-17+. The number of methoxy groups -OCH3 is 1. The summed E-state index contributed by atoms with van der Waals surface area (Å²) in [6.45, 7) is 5.18. The Morgan fingerprint density at radius 2 is 1.54 bits per heavy atom. The van der Waals surface area contributed by atoms with Gasteiger partial charge in [0.05, 0.1) is 45.3 Å². The lowest BCUT2D eigenvalue weighted by Gasteiger charge is -2.30. The molecular weight excluding hydrogens is 509 g/mol. The maximum absolute atomic E-state index is 13.1. The van der Waals surface area contributed by atoms with Crippen LogP contribution in [0.3, 0.4) is 0 Å². The Bertz CT molecular complexity index is 1280. The number of hydrogen-bond donors (Lipinski definition) is 1. The van der Waals surface area contributed by atoms with Crippen LogP contribution < -0.4 is 24.7 Å². The number of morpholine rings is 2. The topological polar surface area (TPSA) is 124 Å². The van der Waals surface area contributed by atoms with Gasteiger partial charge in [-0.3, -0.25) is 0 Å². The molecule has 204 valence electrons. The second-order valence-corrected chi connectivity index (χ2v) is 8.63. The fourth-order valence-electron chi connectivity index (χ4n) is 3.97. The summed E-state index contributed by atoms with van der Waals surface area (Å²) in [7, 11) is 1.47. The molecule has 39 heavy (non-hydrogen) atoms. The molecule has 12 nitrogen and oxygen atoms in total. The lowest BCUT2D eigenvalue weighted by Crippen LogP contribution is -2.40. The quantitative estimate of drug-likeness (QED) is 0.197. The largest absolute Gasteiger partial charge is 0.493 e. The fraction of sp³-hybridized carbons (Fsp3) is 0.346. The predicted molar refractivity (Wildman–Crippen MR) is 141 cm³/mol. The van der Waals surface area contributed by atoms with E-state index in [1.807, 2.05) is 0 Å². The number of carbonyl (C=O) groups excluding carboxylic acids is 1. The monoisotopic (exact) mass is 537 g/mol. The smallest absolute Gasteiger partial charge is 0.343 e. The zero-order valence-corrected chi connectivity index (χ0v) is 21.4. The van der Waals surface area contributed by atoms with E-state index in [4.69, 9.17) is 18.9 Å². The first-order valence-corrected chi connectivity index (χ1v) is 12.5. The number of esters is 1. The third kappa shape index (κ3) is 6.75. The molecule has 0 amide bonds. The lowest BCUT2D eigenvalue weighted by molar-refractivity contribution is 0.0729. The molecule has 2 aliphatic heterocycles. The van der Waals surface area contributed by atoms with Crippen molar-refractivity contribution in [3.05, 3.63) is 59.4 Å². The summed E-state index contributed by atoms with van der Waals surface area (Å²) in [5.74, 6) is 0.911. The molecule has 0 bridgehead atoms. The van der Waals surface area contributed by atoms with Crippen molar-refractivity contribution in [2.24, 2.45) is 5.10 Å². The van der Waals surface area contributed by atoms with Gasteiger partial charge in [0.15, 0.2) is 11.5 Å². The zero-order chi connectivity index (χ0) is 27.0. The molecule has 5 rings (SSSR count). The summed E-state index contributed by atoms with van der Waals surface area (Å²) in [6, 6.07) is 10.1.